The fourth-order valence-electron chi connectivity index (χ4n) is 2.76. The van der Waals surface area contributed by atoms with Crippen LogP contribution in [0.4, 0.5) is 18.9 Å². The van der Waals surface area contributed by atoms with Gasteiger partial charge >= 0.3 is 6.18 Å². The summed E-state index contributed by atoms with van der Waals surface area (Å²) >= 11 is 1.21. The zero-order valence-electron chi connectivity index (χ0n) is 17.1. The van der Waals surface area contributed by atoms with E-state index in [9.17, 15) is 22.3 Å². The Hall–Kier alpha value is -2.79. The van der Waals surface area contributed by atoms with Crippen molar-refractivity contribution in [2.24, 2.45) is 10.7 Å². The number of ether oxygens (including phenoxy) is 1. The van der Waals surface area contributed by atoms with E-state index in [2.05, 4.69) is 4.99 Å². The highest BCUT2D eigenvalue weighted by Gasteiger charge is 2.32. The van der Waals surface area contributed by atoms with Gasteiger partial charge in [-0.3, -0.25) is 9.11 Å². The number of halogens is 3. The maximum Gasteiger partial charge on any atom is 0.430 e. The van der Waals surface area contributed by atoms with Crippen LogP contribution < -0.4 is 10.5 Å². The molecule has 0 aliphatic heterocycles. The van der Waals surface area contributed by atoms with Crippen LogP contribution in [0.3, 0.4) is 0 Å². The Kier molecular flexibility index (Phi) is 6.99. The number of methoxy groups -OCH3 is 1. The molecule has 10 heteroatoms. The van der Waals surface area contributed by atoms with Gasteiger partial charge in [0.2, 0.25) is 0 Å². The van der Waals surface area contributed by atoms with Gasteiger partial charge in [0.05, 0.1) is 22.6 Å². The van der Waals surface area contributed by atoms with E-state index in [1.54, 1.807) is 60.7 Å². The van der Waals surface area contributed by atoms with Crippen LogP contribution in [0.5, 0.6) is 5.75 Å². The molecular weight excluding hydrogens is 461 g/mol. The van der Waals surface area contributed by atoms with Crippen LogP contribution in [0.15, 0.2) is 82.3 Å². The first-order valence-electron chi connectivity index (χ1n) is 9.19. The minimum absolute atomic E-state index is 0.0245. The summed E-state index contributed by atoms with van der Waals surface area (Å²) in [4.78, 5) is 5.93. The molecule has 1 heterocycles. The molecule has 0 aliphatic carbocycles. The fraction of sp³-hybridized carbons (Fsp3) is 0.136. The lowest BCUT2D eigenvalue weighted by Gasteiger charge is -2.27. The van der Waals surface area contributed by atoms with E-state index in [0.717, 1.165) is 11.0 Å². The van der Waals surface area contributed by atoms with Crippen molar-refractivity contribution >= 4 is 33.3 Å². The van der Waals surface area contributed by atoms with Gasteiger partial charge < -0.3 is 10.5 Å². The van der Waals surface area contributed by atoms with Gasteiger partial charge in [0, 0.05) is 11.1 Å². The first kappa shape index (κ1) is 23.9. The molecule has 1 aromatic heterocycles. The Bertz CT molecular complexity index is 1170. The molecular formula is C22H21F3N2O3S2. The molecule has 170 valence electrons. The van der Waals surface area contributed by atoms with Gasteiger partial charge in [0.25, 0.3) is 0 Å². The number of alkyl halides is 3. The maximum atomic E-state index is 13.1. The topological polar surface area (TPSA) is 88.1 Å². The summed E-state index contributed by atoms with van der Waals surface area (Å²) in [6, 6.07) is 16.8. The average Bonchev–Trinajstić information content (AvgIpc) is 3.22. The van der Waals surface area contributed by atoms with E-state index in [0.29, 0.717) is 26.8 Å². The first-order valence-corrected chi connectivity index (χ1v) is 12.0. The number of nitrogens with two attached hydrogens (primary N) is 1. The highest BCUT2D eigenvalue weighted by molar-refractivity contribution is 8.23. The molecule has 0 bridgehead atoms. The molecule has 3 rings (SSSR count). The quantitative estimate of drug-likeness (QED) is 0.342. The molecule has 2 aromatic carbocycles. The molecule has 0 fully saturated rings. The summed E-state index contributed by atoms with van der Waals surface area (Å²) in [5.41, 5.74) is 5.08. The smallest absolute Gasteiger partial charge is 0.430 e. The van der Waals surface area contributed by atoms with Crippen molar-refractivity contribution in [2.75, 3.05) is 13.4 Å². The van der Waals surface area contributed by atoms with E-state index in [4.69, 9.17) is 10.5 Å². The molecule has 5 nitrogen and oxygen atoms in total. The summed E-state index contributed by atoms with van der Waals surface area (Å²) in [5, 5.41) is 0. The Labute approximate surface area is 189 Å². The second-order valence-electron chi connectivity index (χ2n) is 6.79. The summed E-state index contributed by atoms with van der Waals surface area (Å²) in [6.07, 6.45) is -2.58. The van der Waals surface area contributed by atoms with Crippen LogP contribution in [0.2, 0.25) is 0 Å². The standard InChI is InChI=1S/C22H21F3N2O3S2/c1-30-18-9-4-3-8-16(18)27-17(13-21(26)22(23,24)25)20-11-10-19(31-20)14-6-5-7-15(12-14)32(2,28)29/h3-13,28-29H,26H2,1-2H3. The van der Waals surface area contributed by atoms with Gasteiger partial charge in [-0.25, -0.2) is 4.99 Å². The third kappa shape index (κ3) is 5.71. The summed E-state index contributed by atoms with van der Waals surface area (Å²) in [6.45, 7) is 0. The van der Waals surface area contributed by atoms with E-state index in [1.165, 1.54) is 24.7 Å². The van der Waals surface area contributed by atoms with Crippen LogP contribution in [-0.4, -0.2) is 34.4 Å². The monoisotopic (exact) mass is 482 g/mol. The van der Waals surface area contributed by atoms with Crippen molar-refractivity contribution in [2.45, 2.75) is 11.1 Å². The van der Waals surface area contributed by atoms with Gasteiger partial charge in [0.1, 0.15) is 17.1 Å². The average molecular weight is 483 g/mol. The van der Waals surface area contributed by atoms with Crippen LogP contribution >= 0.6 is 21.9 Å². The molecule has 4 N–H and O–H groups in total. The largest absolute Gasteiger partial charge is 0.494 e. The second kappa shape index (κ2) is 9.37. The molecule has 3 aromatic rings. The minimum atomic E-state index is -4.70. The normalized spacial score (nSPS) is 13.8. The lowest BCUT2D eigenvalue weighted by Crippen LogP contribution is -2.20. The van der Waals surface area contributed by atoms with Crippen molar-refractivity contribution in [3.63, 3.8) is 0 Å². The number of hydrogen-bond donors (Lipinski definition) is 3. The predicted molar refractivity (Wildman–Crippen MR) is 124 cm³/mol. The molecule has 32 heavy (non-hydrogen) atoms. The second-order valence-corrected chi connectivity index (χ2v) is 10.0. The number of benzene rings is 2. The number of thiophene rings is 1. The minimum Gasteiger partial charge on any atom is -0.494 e. The number of hydrogen-bond acceptors (Lipinski definition) is 6. The van der Waals surface area contributed by atoms with Crippen molar-refractivity contribution in [1.82, 2.24) is 0 Å². The maximum absolute atomic E-state index is 13.1. The first-order chi connectivity index (χ1) is 15.0. The number of nitrogens with zero attached hydrogens (tertiary/aromatic N) is 1. The molecule has 0 spiro atoms. The van der Waals surface area contributed by atoms with Crippen LogP contribution in [-0.2, 0) is 0 Å². The molecule has 0 amide bonds. The number of para-hydroxylation sites is 2. The van der Waals surface area contributed by atoms with Crippen molar-refractivity contribution in [3.05, 3.63) is 77.3 Å². The van der Waals surface area contributed by atoms with Gasteiger partial charge in [-0.15, -0.1) is 11.3 Å². The number of rotatable bonds is 6. The molecule has 0 unspecified atom stereocenters. The van der Waals surface area contributed by atoms with Crippen LogP contribution in [0.25, 0.3) is 10.4 Å². The highest BCUT2D eigenvalue weighted by Crippen LogP contribution is 2.45. The Morgan fingerprint density at radius 1 is 1.09 bits per heavy atom. The number of allylic oxidation sites excluding steroid dienone is 2. The van der Waals surface area contributed by atoms with Gasteiger partial charge in [0.15, 0.2) is 0 Å². The van der Waals surface area contributed by atoms with E-state index in [1.807, 2.05) is 0 Å². The van der Waals surface area contributed by atoms with E-state index >= 15 is 0 Å². The Morgan fingerprint density at radius 3 is 2.47 bits per heavy atom. The number of aliphatic imine (C=N–C) groups is 1. The Balaban J connectivity index is 2.10. The third-order valence-electron chi connectivity index (χ3n) is 4.37. The summed E-state index contributed by atoms with van der Waals surface area (Å²) < 4.78 is 64.5. The fourth-order valence-corrected chi connectivity index (χ4v) is 4.41. The predicted octanol–water partition coefficient (Wildman–Crippen LogP) is 6.69. The molecule has 0 atom stereocenters. The molecule has 0 saturated carbocycles. The Morgan fingerprint density at radius 2 is 1.81 bits per heavy atom. The van der Waals surface area contributed by atoms with Gasteiger partial charge in [-0.05, 0) is 48.0 Å². The van der Waals surface area contributed by atoms with Crippen molar-refractivity contribution in [1.29, 1.82) is 0 Å². The SMILES string of the molecule is COc1ccccc1N=C(C=C(N)C(F)(F)F)c1ccc(-c2cccc(S(C)(O)O)c2)s1. The third-order valence-corrected chi connectivity index (χ3v) is 6.67. The van der Waals surface area contributed by atoms with Gasteiger partial charge in [-0.1, -0.05) is 24.3 Å². The lowest BCUT2D eigenvalue weighted by molar-refractivity contribution is -0.0925. The highest BCUT2D eigenvalue weighted by atomic mass is 32.3. The van der Waals surface area contributed by atoms with Crippen molar-refractivity contribution < 1.29 is 27.0 Å². The lowest BCUT2D eigenvalue weighted by atomic mass is 10.2. The molecule has 0 aliphatic rings. The molecule has 0 saturated heterocycles. The summed E-state index contributed by atoms with van der Waals surface area (Å²) in [7, 11) is -1.46. The summed E-state index contributed by atoms with van der Waals surface area (Å²) in [5.74, 6) is 0.404. The molecule has 0 radical (unpaired) electrons. The zero-order chi connectivity index (χ0) is 23.5. The van der Waals surface area contributed by atoms with Crippen LogP contribution in [0.1, 0.15) is 4.88 Å². The van der Waals surface area contributed by atoms with E-state index in [-0.39, 0.29) is 5.71 Å². The van der Waals surface area contributed by atoms with Crippen LogP contribution in [0, 0.1) is 0 Å². The zero-order valence-corrected chi connectivity index (χ0v) is 18.8. The van der Waals surface area contributed by atoms with Crippen molar-refractivity contribution in [3.8, 4) is 16.2 Å². The van der Waals surface area contributed by atoms with E-state index < -0.39 is 22.5 Å². The van der Waals surface area contributed by atoms with Gasteiger partial charge in [-0.2, -0.15) is 23.8 Å².